The summed E-state index contributed by atoms with van der Waals surface area (Å²) in [6, 6.07) is 3.81. The van der Waals surface area contributed by atoms with Crippen LogP contribution in [0.3, 0.4) is 0 Å². The highest BCUT2D eigenvalue weighted by atomic mass is 35.5. The molecule has 0 atom stereocenters. The van der Waals surface area contributed by atoms with E-state index in [4.69, 9.17) is 11.6 Å². The zero-order valence-electron chi connectivity index (χ0n) is 10.0. The van der Waals surface area contributed by atoms with Gasteiger partial charge < -0.3 is 5.32 Å². The molecule has 3 heterocycles. The zero-order valence-corrected chi connectivity index (χ0v) is 12.4. The van der Waals surface area contributed by atoms with E-state index in [2.05, 4.69) is 10.4 Å². The van der Waals surface area contributed by atoms with Crippen molar-refractivity contribution in [3.63, 3.8) is 0 Å². The van der Waals surface area contributed by atoms with E-state index in [-0.39, 0.29) is 5.91 Å². The molecule has 0 fully saturated rings. The van der Waals surface area contributed by atoms with Gasteiger partial charge in [0, 0.05) is 18.6 Å². The van der Waals surface area contributed by atoms with Crippen LogP contribution in [-0.4, -0.2) is 15.7 Å². The van der Waals surface area contributed by atoms with Crippen molar-refractivity contribution in [2.75, 3.05) is 0 Å². The maximum absolute atomic E-state index is 12.1. The fraction of sp³-hybridized carbons (Fsp3) is 0.167. The maximum atomic E-state index is 12.1. The number of amides is 1. The second-order valence-electron chi connectivity index (χ2n) is 4.00. The third-order valence-corrected chi connectivity index (χ3v) is 5.57. The minimum Gasteiger partial charge on any atom is -0.346 e. The highest BCUT2D eigenvalue weighted by Crippen LogP contribution is 2.38. The molecule has 0 aromatic carbocycles. The average molecular weight is 312 g/mol. The number of hydrogen-bond donors (Lipinski definition) is 1. The molecule has 0 aliphatic carbocycles. The Morgan fingerprint density at radius 1 is 1.53 bits per heavy atom. The van der Waals surface area contributed by atoms with Crippen LogP contribution in [0.2, 0.25) is 5.02 Å². The molecular weight excluding hydrogens is 302 g/mol. The first-order valence-corrected chi connectivity index (χ1v) is 7.65. The fourth-order valence-corrected chi connectivity index (χ4v) is 4.30. The molecule has 4 nitrogen and oxygen atoms in total. The molecule has 1 N–H and O–H groups in total. The molecular formula is C12H10ClN3OS2. The lowest BCUT2D eigenvalue weighted by Crippen LogP contribution is -2.23. The first-order chi connectivity index (χ1) is 9.16. The number of thiophene rings is 2. The minimum atomic E-state index is -0.139. The van der Waals surface area contributed by atoms with Crippen molar-refractivity contribution in [3.05, 3.63) is 39.3 Å². The Morgan fingerprint density at radius 3 is 3.05 bits per heavy atom. The van der Waals surface area contributed by atoms with E-state index in [0.717, 1.165) is 15.1 Å². The Morgan fingerprint density at radius 2 is 2.37 bits per heavy atom. The lowest BCUT2D eigenvalue weighted by molar-refractivity contribution is 0.0954. The molecule has 0 radical (unpaired) electrons. The van der Waals surface area contributed by atoms with Crippen molar-refractivity contribution >= 4 is 49.6 Å². The molecule has 0 aliphatic heterocycles. The van der Waals surface area contributed by atoms with E-state index < -0.39 is 0 Å². The van der Waals surface area contributed by atoms with E-state index >= 15 is 0 Å². The largest absolute Gasteiger partial charge is 0.346 e. The number of rotatable bonds is 3. The number of halogens is 1. The van der Waals surface area contributed by atoms with Crippen LogP contribution in [0.5, 0.6) is 0 Å². The Hall–Kier alpha value is -1.37. The summed E-state index contributed by atoms with van der Waals surface area (Å²) in [6.07, 6.45) is 1.70. The van der Waals surface area contributed by atoms with Crippen LogP contribution in [0.1, 0.15) is 15.4 Å². The molecule has 98 valence electrons. The van der Waals surface area contributed by atoms with Gasteiger partial charge >= 0.3 is 0 Å². The van der Waals surface area contributed by atoms with Crippen LogP contribution in [0, 0.1) is 0 Å². The number of aryl methyl sites for hydroxylation is 1. The van der Waals surface area contributed by atoms with Gasteiger partial charge in [0.25, 0.3) is 5.91 Å². The van der Waals surface area contributed by atoms with Crippen molar-refractivity contribution in [2.24, 2.45) is 7.05 Å². The molecule has 0 saturated carbocycles. The van der Waals surface area contributed by atoms with Gasteiger partial charge in [-0.25, -0.2) is 0 Å². The van der Waals surface area contributed by atoms with Gasteiger partial charge in [-0.15, -0.1) is 22.7 Å². The number of aromatic nitrogens is 2. The second-order valence-corrected chi connectivity index (χ2v) is 6.57. The molecule has 3 aromatic heterocycles. The van der Waals surface area contributed by atoms with Crippen LogP contribution < -0.4 is 5.32 Å². The summed E-state index contributed by atoms with van der Waals surface area (Å²) < 4.78 is 2.81. The number of fused-ring (bicyclic) bond motifs is 1. The standard InChI is InChI=1S/C12H10ClN3OS2/c1-16-7(2-4-15-16)6-14-11(17)10-9(13)8-3-5-18-12(8)19-10/h2-5H,6H2,1H3,(H,14,17). The summed E-state index contributed by atoms with van der Waals surface area (Å²) in [6.45, 7) is 0.442. The van der Waals surface area contributed by atoms with E-state index in [1.165, 1.54) is 11.3 Å². The Kier molecular flexibility index (Phi) is 3.30. The normalized spacial score (nSPS) is 11.1. The van der Waals surface area contributed by atoms with Gasteiger partial charge in [-0.05, 0) is 17.5 Å². The fourth-order valence-electron chi connectivity index (χ4n) is 1.77. The molecule has 3 aromatic rings. The number of nitrogens with zero attached hydrogens (tertiary/aromatic N) is 2. The first kappa shape index (κ1) is 12.7. The van der Waals surface area contributed by atoms with Gasteiger partial charge in [-0.3, -0.25) is 9.48 Å². The number of hydrogen-bond acceptors (Lipinski definition) is 4. The molecule has 0 spiro atoms. The Balaban J connectivity index is 1.78. The van der Waals surface area contributed by atoms with Crippen LogP contribution in [-0.2, 0) is 13.6 Å². The predicted octanol–water partition coefficient (Wildman–Crippen LogP) is 3.28. The van der Waals surface area contributed by atoms with Crippen LogP contribution in [0.25, 0.3) is 9.40 Å². The molecule has 0 unspecified atom stereocenters. The number of nitrogens with one attached hydrogen (secondary N) is 1. The lowest BCUT2D eigenvalue weighted by Gasteiger charge is -2.04. The summed E-state index contributed by atoms with van der Waals surface area (Å²) in [5.74, 6) is -0.139. The SMILES string of the molecule is Cn1nccc1CNC(=O)c1sc2sccc2c1Cl. The summed E-state index contributed by atoms with van der Waals surface area (Å²) in [5.41, 5.74) is 0.947. The molecule has 0 aliphatic rings. The topological polar surface area (TPSA) is 46.9 Å². The van der Waals surface area contributed by atoms with Gasteiger partial charge in [-0.2, -0.15) is 5.10 Å². The van der Waals surface area contributed by atoms with E-state index in [1.54, 1.807) is 22.2 Å². The van der Waals surface area contributed by atoms with Gasteiger partial charge in [0.05, 0.1) is 21.3 Å². The molecule has 0 saturated heterocycles. The van der Waals surface area contributed by atoms with Crippen LogP contribution >= 0.6 is 34.3 Å². The Bertz CT molecular complexity index is 743. The first-order valence-electron chi connectivity index (χ1n) is 5.57. The smallest absolute Gasteiger partial charge is 0.263 e. The lowest BCUT2D eigenvalue weighted by atomic mass is 10.3. The van der Waals surface area contributed by atoms with Crippen molar-refractivity contribution in [1.82, 2.24) is 15.1 Å². The van der Waals surface area contributed by atoms with Gasteiger partial charge in [-0.1, -0.05) is 11.6 Å². The van der Waals surface area contributed by atoms with E-state index in [0.29, 0.717) is 16.4 Å². The third-order valence-electron chi connectivity index (χ3n) is 2.82. The number of carbonyl (C=O) groups is 1. The Labute approximate surface area is 122 Å². The summed E-state index contributed by atoms with van der Waals surface area (Å²) in [5, 5.41) is 10.4. The maximum Gasteiger partial charge on any atom is 0.263 e. The van der Waals surface area contributed by atoms with E-state index in [9.17, 15) is 4.79 Å². The van der Waals surface area contributed by atoms with Gasteiger partial charge in [0.1, 0.15) is 4.88 Å². The molecule has 3 rings (SSSR count). The second kappa shape index (κ2) is 4.96. The summed E-state index contributed by atoms with van der Waals surface area (Å²) >= 11 is 9.25. The van der Waals surface area contributed by atoms with E-state index in [1.807, 2.05) is 24.6 Å². The zero-order chi connectivity index (χ0) is 13.4. The molecule has 19 heavy (non-hydrogen) atoms. The molecule has 1 amide bonds. The summed E-state index contributed by atoms with van der Waals surface area (Å²) in [7, 11) is 1.84. The van der Waals surface area contributed by atoms with Crippen molar-refractivity contribution in [2.45, 2.75) is 6.54 Å². The predicted molar refractivity (Wildman–Crippen MR) is 79.1 cm³/mol. The average Bonchev–Trinajstić information content (AvgIpc) is 3.06. The quantitative estimate of drug-likeness (QED) is 0.807. The third kappa shape index (κ3) is 2.27. The monoisotopic (exact) mass is 311 g/mol. The van der Waals surface area contributed by atoms with Gasteiger partial charge in [0.2, 0.25) is 0 Å². The minimum absolute atomic E-state index is 0.139. The van der Waals surface area contributed by atoms with Crippen molar-refractivity contribution < 1.29 is 4.79 Å². The molecule has 7 heteroatoms. The highest BCUT2D eigenvalue weighted by molar-refractivity contribution is 7.38. The molecule has 0 bridgehead atoms. The van der Waals surface area contributed by atoms with Gasteiger partial charge in [0.15, 0.2) is 0 Å². The van der Waals surface area contributed by atoms with Crippen LogP contribution in [0.4, 0.5) is 0 Å². The van der Waals surface area contributed by atoms with Crippen LogP contribution in [0.15, 0.2) is 23.7 Å². The number of carbonyl (C=O) groups excluding carboxylic acids is 1. The van der Waals surface area contributed by atoms with Crippen molar-refractivity contribution in [1.29, 1.82) is 0 Å². The van der Waals surface area contributed by atoms with Crippen molar-refractivity contribution in [3.8, 4) is 0 Å². The summed E-state index contributed by atoms with van der Waals surface area (Å²) in [4.78, 5) is 12.7. The highest BCUT2D eigenvalue weighted by Gasteiger charge is 2.17.